The highest BCUT2D eigenvalue weighted by molar-refractivity contribution is 9.10. The van der Waals surface area contributed by atoms with E-state index in [1.807, 2.05) is 25.1 Å². The second kappa shape index (κ2) is 8.22. The molecule has 0 radical (unpaired) electrons. The van der Waals surface area contributed by atoms with Gasteiger partial charge >= 0.3 is 5.97 Å². The highest BCUT2D eigenvalue weighted by atomic mass is 79.9. The van der Waals surface area contributed by atoms with Crippen molar-refractivity contribution in [3.05, 3.63) is 58.1 Å². The van der Waals surface area contributed by atoms with Crippen molar-refractivity contribution < 1.29 is 23.5 Å². The molecule has 0 aliphatic carbocycles. The number of nitrogens with one attached hydrogen (secondary N) is 2. The summed E-state index contributed by atoms with van der Waals surface area (Å²) in [6.45, 7) is 1.28. The van der Waals surface area contributed by atoms with Gasteiger partial charge in [0.25, 0.3) is 5.91 Å². The van der Waals surface area contributed by atoms with Crippen LogP contribution in [0.3, 0.4) is 0 Å². The number of carbonyl (C=O) groups excluding carboxylic acids is 3. The van der Waals surface area contributed by atoms with Crippen LogP contribution >= 0.6 is 15.9 Å². The molecule has 0 fully saturated rings. The summed E-state index contributed by atoms with van der Waals surface area (Å²) in [5.74, 6) is -1.51. The number of hydrogen-bond acceptors (Lipinski definition) is 5. The Morgan fingerprint density at radius 2 is 2.04 bits per heavy atom. The maximum absolute atomic E-state index is 12.4. The number of esters is 1. The number of fused-ring (bicyclic) bond motifs is 1. The van der Waals surface area contributed by atoms with Crippen LogP contribution in [0.1, 0.15) is 33.4 Å². The van der Waals surface area contributed by atoms with Gasteiger partial charge in [-0.05, 0) is 40.0 Å². The van der Waals surface area contributed by atoms with Gasteiger partial charge in [-0.25, -0.2) is 0 Å². The highest BCUT2D eigenvalue weighted by Gasteiger charge is 2.17. The van der Waals surface area contributed by atoms with Gasteiger partial charge in [-0.15, -0.1) is 0 Å². The van der Waals surface area contributed by atoms with Crippen molar-refractivity contribution in [3.63, 3.8) is 0 Å². The van der Waals surface area contributed by atoms with Crippen LogP contribution in [-0.2, 0) is 16.0 Å². The first-order valence-corrected chi connectivity index (χ1v) is 9.10. The standard InChI is InChI=1S/C19H17BrN2O5/c1-2-11-4-3-5-12-13(8-21-18(11)12)14(23)10-26-17(24)9-22-19(25)15-6-7-16(20)27-15/h3-8,21H,2,9-10H2,1H3,(H,22,25). The normalized spacial score (nSPS) is 10.7. The third-order valence-electron chi connectivity index (χ3n) is 4.04. The van der Waals surface area contributed by atoms with E-state index in [0.29, 0.717) is 10.2 Å². The summed E-state index contributed by atoms with van der Waals surface area (Å²) >= 11 is 3.09. The number of para-hydroxylation sites is 1. The Bertz CT molecular complexity index is 1000. The van der Waals surface area contributed by atoms with Gasteiger partial charge in [0.05, 0.1) is 0 Å². The quantitative estimate of drug-likeness (QED) is 0.440. The number of aromatic amines is 1. The summed E-state index contributed by atoms with van der Waals surface area (Å²) in [5, 5.41) is 3.17. The molecule has 0 spiro atoms. The van der Waals surface area contributed by atoms with Gasteiger partial charge in [-0.1, -0.05) is 25.1 Å². The van der Waals surface area contributed by atoms with Crippen molar-refractivity contribution in [1.82, 2.24) is 10.3 Å². The fraction of sp³-hybridized carbons (Fsp3) is 0.211. The average molecular weight is 433 g/mol. The molecule has 0 atom stereocenters. The van der Waals surface area contributed by atoms with Crippen LogP contribution in [-0.4, -0.2) is 35.8 Å². The first kappa shape index (κ1) is 18.9. The molecule has 2 heterocycles. The zero-order chi connectivity index (χ0) is 19.4. The topological polar surface area (TPSA) is 101 Å². The molecular formula is C19H17BrN2O5. The molecule has 3 aromatic rings. The molecule has 0 aliphatic heterocycles. The minimum Gasteiger partial charge on any atom is -0.456 e. The number of aryl methyl sites for hydroxylation is 1. The number of benzene rings is 1. The number of ether oxygens (including phenoxy) is 1. The summed E-state index contributed by atoms with van der Waals surface area (Å²) in [6.07, 6.45) is 2.46. The van der Waals surface area contributed by atoms with Crippen LogP contribution in [0, 0.1) is 0 Å². The molecule has 0 unspecified atom stereocenters. The van der Waals surface area contributed by atoms with E-state index in [-0.39, 0.29) is 18.1 Å². The predicted octanol–water partition coefficient (Wildman–Crippen LogP) is 3.24. The monoisotopic (exact) mass is 432 g/mol. The zero-order valence-electron chi connectivity index (χ0n) is 14.5. The van der Waals surface area contributed by atoms with Gasteiger partial charge in [-0.2, -0.15) is 0 Å². The Morgan fingerprint density at radius 1 is 1.22 bits per heavy atom. The van der Waals surface area contributed by atoms with Crippen molar-refractivity contribution in [2.24, 2.45) is 0 Å². The number of ketones is 1. The molecule has 2 N–H and O–H groups in total. The van der Waals surface area contributed by atoms with Gasteiger partial charge in [-0.3, -0.25) is 14.4 Å². The van der Waals surface area contributed by atoms with E-state index in [0.717, 1.165) is 22.9 Å². The largest absolute Gasteiger partial charge is 0.456 e. The summed E-state index contributed by atoms with van der Waals surface area (Å²) in [7, 11) is 0. The summed E-state index contributed by atoms with van der Waals surface area (Å²) in [5.41, 5.74) is 2.49. The smallest absolute Gasteiger partial charge is 0.325 e. The zero-order valence-corrected chi connectivity index (χ0v) is 16.1. The fourth-order valence-electron chi connectivity index (χ4n) is 2.69. The minimum absolute atomic E-state index is 0.0660. The van der Waals surface area contributed by atoms with Crippen LogP contribution in [0.25, 0.3) is 10.9 Å². The number of hydrogen-bond donors (Lipinski definition) is 2. The number of amides is 1. The van der Waals surface area contributed by atoms with E-state index < -0.39 is 18.5 Å². The SMILES string of the molecule is CCc1cccc2c(C(=O)COC(=O)CNC(=O)c3ccc(Br)o3)c[nH]c12. The van der Waals surface area contributed by atoms with Crippen molar-refractivity contribution in [1.29, 1.82) is 0 Å². The van der Waals surface area contributed by atoms with Crippen molar-refractivity contribution in [2.45, 2.75) is 13.3 Å². The minimum atomic E-state index is -0.712. The number of rotatable bonds is 7. The van der Waals surface area contributed by atoms with E-state index in [4.69, 9.17) is 9.15 Å². The number of Topliss-reactive ketones (excluding diaryl/α,β-unsaturated/α-hetero) is 1. The molecule has 3 rings (SSSR count). The molecule has 0 aliphatic rings. The van der Waals surface area contributed by atoms with Crippen LogP contribution in [0.2, 0.25) is 0 Å². The van der Waals surface area contributed by atoms with Gasteiger partial charge in [0.15, 0.2) is 17.0 Å². The Balaban J connectivity index is 1.54. The molecule has 2 aromatic heterocycles. The molecule has 27 heavy (non-hydrogen) atoms. The molecule has 1 aromatic carbocycles. The Kier molecular flexibility index (Phi) is 5.75. The molecular weight excluding hydrogens is 416 g/mol. The van der Waals surface area contributed by atoms with Crippen LogP contribution < -0.4 is 5.32 Å². The molecule has 0 saturated heterocycles. The predicted molar refractivity (Wildman–Crippen MR) is 102 cm³/mol. The number of halogens is 1. The molecule has 0 saturated carbocycles. The van der Waals surface area contributed by atoms with Gasteiger partial charge < -0.3 is 19.5 Å². The number of H-pyrrole nitrogens is 1. The first-order chi connectivity index (χ1) is 13.0. The van der Waals surface area contributed by atoms with Crippen molar-refractivity contribution in [2.75, 3.05) is 13.2 Å². The Hall–Kier alpha value is -2.87. The Morgan fingerprint density at radius 3 is 2.74 bits per heavy atom. The van der Waals surface area contributed by atoms with E-state index in [2.05, 4.69) is 26.2 Å². The van der Waals surface area contributed by atoms with E-state index in [1.54, 1.807) is 12.3 Å². The molecule has 0 bridgehead atoms. The summed E-state index contributed by atoms with van der Waals surface area (Å²) in [6, 6.07) is 8.77. The number of furan rings is 1. The first-order valence-electron chi connectivity index (χ1n) is 8.31. The summed E-state index contributed by atoms with van der Waals surface area (Å²) < 4.78 is 10.5. The third-order valence-corrected chi connectivity index (χ3v) is 4.46. The lowest BCUT2D eigenvalue weighted by molar-refractivity contribution is -0.141. The van der Waals surface area contributed by atoms with E-state index in [9.17, 15) is 14.4 Å². The molecule has 1 amide bonds. The highest BCUT2D eigenvalue weighted by Crippen LogP contribution is 2.22. The Labute approximate surface area is 163 Å². The van der Waals surface area contributed by atoms with E-state index in [1.165, 1.54) is 6.07 Å². The maximum Gasteiger partial charge on any atom is 0.325 e. The maximum atomic E-state index is 12.4. The molecule has 7 nitrogen and oxygen atoms in total. The number of aromatic nitrogens is 1. The second-order valence-electron chi connectivity index (χ2n) is 5.77. The summed E-state index contributed by atoms with van der Waals surface area (Å²) in [4.78, 5) is 39.1. The van der Waals surface area contributed by atoms with Gasteiger partial charge in [0.1, 0.15) is 6.54 Å². The van der Waals surface area contributed by atoms with Crippen LogP contribution in [0.5, 0.6) is 0 Å². The van der Waals surface area contributed by atoms with Crippen molar-refractivity contribution >= 4 is 44.5 Å². The molecule has 8 heteroatoms. The number of carbonyl (C=O) groups is 3. The lowest BCUT2D eigenvalue weighted by atomic mass is 10.1. The average Bonchev–Trinajstić information content (AvgIpc) is 3.30. The van der Waals surface area contributed by atoms with Crippen LogP contribution in [0.4, 0.5) is 0 Å². The lowest BCUT2D eigenvalue weighted by Gasteiger charge is -2.05. The second-order valence-corrected chi connectivity index (χ2v) is 6.55. The third kappa shape index (κ3) is 4.28. The van der Waals surface area contributed by atoms with Crippen LogP contribution in [0.15, 0.2) is 45.6 Å². The van der Waals surface area contributed by atoms with Crippen molar-refractivity contribution in [3.8, 4) is 0 Å². The fourth-order valence-corrected chi connectivity index (χ4v) is 3.00. The van der Waals surface area contributed by atoms with E-state index >= 15 is 0 Å². The molecule has 140 valence electrons. The van der Waals surface area contributed by atoms with Gasteiger partial charge in [0, 0.05) is 22.7 Å². The lowest BCUT2D eigenvalue weighted by Crippen LogP contribution is -2.31. The van der Waals surface area contributed by atoms with Gasteiger partial charge in [0.2, 0.25) is 5.78 Å².